The first-order valence-corrected chi connectivity index (χ1v) is 33.6. The third-order valence-corrected chi connectivity index (χ3v) is 18.9. The minimum atomic E-state index is -1.61. The zero-order valence-corrected chi connectivity index (χ0v) is 60.2. The number of nitrogens with zero attached hydrogens (tertiary/aromatic N) is 8. The summed E-state index contributed by atoms with van der Waals surface area (Å²) < 4.78 is 5.62. The lowest BCUT2D eigenvalue weighted by Gasteiger charge is -2.41. The van der Waals surface area contributed by atoms with Crippen LogP contribution in [0.3, 0.4) is 0 Å². The first-order valence-electron chi connectivity index (χ1n) is 33.6. The van der Waals surface area contributed by atoms with Crippen molar-refractivity contribution in [2.24, 2.45) is 59.2 Å². The molecule has 2 aliphatic heterocycles. The van der Waals surface area contributed by atoms with Gasteiger partial charge in [0.25, 0.3) is 0 Å². The molecule has 0 saturated carbocycles. The first kappa shape index (κ1) is 81.5. The monoisotopic (exact) mass is 1280 g/mol. The molecule has 22 nitrogen and oxygen atoms in total. The normalized spacial score (nSPS) is 28.5. The van der Waals surface area contributed by atoms with Gasteiger partial charge < -0.3 is 49.5 Å². The van der Waals surface area contributed by atoms with Crippen molar-refractivity contribution in [1.29, 1.82) is 0 Å². The summed E-state index contributed by atoms with van der Waals surface area (Å²) in [5, 5.41) is 15.0. The first-order chi connectivity index (χ1) is 42.2. The molecule has 0 aliphatic carbocycles. The number of ether oxygens (including phenoxy) is 1. The summed E-state index contributed by atoms with van der Waals surface area (Å²) in [6, 6.07) is -9.65. The molecule has 14 atom stereocenters. The number of ketones is 3. The molecule has 91 heavy (non-hydrogen) atoms. The molecule has 2 heterocycles. The summed E-state index contributed by atoms with van der Waals surface area (Å²) in [6.07, 6.45) is 2.29. The largest absolute Gasteiger partial charge is 0.390 e. The molecule has 0 unspecified atom stereocenters. The smallest absolute Gasteiger partial charge is 0.246 e. The van der Waals surface area contributed by atoms with Crippen LogP contribution in [-0.4, -0.2) is 246 Å². The highest BCUT2D eigenvalue weighted by Crippen LogP contribution is 2.30. The highest BCUT2D eigenvalue weighted by molar-refractivity contribution is 6.00. The van der Waals surface area contributed by atoms with E-state index in [9.17, 15) is 33.9 Å². The van der Waals surface area contributed by atoms with E-state index in [1.165, 1.54) is 85.7 Å². The van der Waals surface area contributed by atoms with E-state index in [1.807, 2.05) is 75.3 Å². The lowest BCUT2D eigenvalue weighted by atomic mass is 9.83. The third kappa shape index (κ3) is 22.3. The van der Waals surface area contributed by atoms with Gasteiger partial charge in [-0.25, -0.2) is 0 Å². The van der Waals surface area contributed by atoms with Crippen molar-refractivity contribution in [2.75, 3.05) is 82.2 Å². The molecule has 0 aromatic carbocycles. The van der Waals surface area contributed by atoms with Gasteiger partial charge in [0.05, 0.1) is 31.4 Å². The Morgan fingerprint density at radius 3 is 1.45 bits per heavy atom. The standard InChI is InChI=1S/C69H121N9O13/c1-25-27-28-45(13)61(82)60-62(83)70-51(26-2)66(87)71(18)49(17)64(85)76(23)59(48(16)39-78-29-31-91-32-30-78)57(81)38-50(43(9)10)65(86)72(19)52(33-40(3)4)56(80)36-46(14)55(79)37-47(15)63(84)73(20)53(34-41(5)6)67(88)74(21)54(35-42(7)8)68(89)75(22)58(44(11)12)69(90)77(60)24/h25,27,40-54,58-61,82H,26,28-39H2,1-24H3,(H,70,83)/b27-25+/t45-,46-,47+,48+,49-,50+,51+,52+,53+,54+,58+,59+,60+,61-/m1/s1. The van der Waals surface area contributed by atoms with Gasteiger partial charge in [-0.15, -0.1) is 0 Å². The van der Waals surface area contributed by atoms with E-state index in [-0.39, 0.29) is 74.3 Å². The van der Waals surface area contributed by atoms with Crippen LogP contribution in [0.25, 0.3) is 0 Å². The summed E-state index contributed by atoms with van der Waals surface area (Å²) in [4.78, 5) is 175. The number of aliphatic hydroxyl groups excluding tert-OH is 1. The van der Waals surface area contributed by atoms with Crippen molar-refractivity contribution in [3.8, 4) is 0 Å². The van der Waals surface area contributed by atoms with Crippen molar-refractivity contribution in [1.82, 2.24) is 44.5 Å². The minimum Gasteiger partial charge on any atom is -0.390 e. The van der Waals surface area contributed by atoms with Gasteiger partial charge in [-0.05, 0) is 87.4 Å². The quantitative estimate of drug-likeness (QED) is 0.172. The molecule has 2 saturated heterocycles. The molecule has 0 radical (unpaired) electrons. The zero-order chi connectivity index (χ0) is 70.0. The SMILES string of the molecule is C/C=C/C[C@@H](C)[C@@H](O)[C@H]1C(=O)N[C@@H](CC)C(=O)N(C)[C@H](C)C(=O)N(C)[C@@H]([C@@H](C)CN2CCOCC2)C(=O)C[C@@H](C(C)C)C(=O)N(C)[C@@H](CC(C)C)C(=O)C[C@@H](C)C(=O)C[C@H](C)C(=O)N(C)[C@@H](CC(C)C)C(=O)N(C)[C@@H](CC(C)C)C(=O)N(C)[C@@H](C(C)C)C(=O)N1C. The zero-order valence-electron chi connectivity index (χ0n) is 60.2. The highest BCUT2D eigenvalue weighted by atomic mass is 16.5. The predicted octanol–water partition coefficient (Wildman–Crippen LogP) is 5.85. The van der Waals surface area contributed by atoms with Crippen molar-refractivity contribution in [3.05, 3.63) is 12.2 Å². The Kier molecular flexibility index (Phi) is 33.4. The second-order valence-electron chi connectivity index (χ2n) is 28.6. The number of nitrogens with one attached hydrogen (secondary N) is 1. The van der Waals surface area contributed by atoms with Crippen LogP contribution >= 0.6 is 0 Å². The van der Waals surface area contributed by atoms with Crippen molar-refractivity contribution in [3.63, 3.8) is 0 Å². The summed E-state index contributed by atoms with van der Waals surface area (Å²) >= 11 is 0. The number of carbonyl (C=O) groups is 11. The number of hydrogen-bond acceptors (Lipinski definition) is 14. The number of amides is 8. The summed E-state index contributed by atoms with van der Waals surface area (Å²) in [5.74, 6) is -11.2. The Labute approximate surface area is 546 Å². The molecule has 22 heteroatoms. The van der Waals surface area contributed by atoms with Crippen LogP contribution in [-0.2, 0) is 57.5 Å². The fraction of sp³-hybridized carbons (Fsp3) is 0.812. The molecule has 2 rings (SSSR count). The molecule has 0 bridgehead atoms. The van der Waals surface area contributed by atoms with Crippen molar-refractivity contribution >= 4 is 64.6 Å². The molecule has 2 N–H and O–H groups in total. The molecule has 520 valence electrons. The van der Waals surface area contributed by atoms with Crippen LogP contribution < -0.4 is 5.32 Å². The van der Waals surface area contributed by atoms with Gasteiger partial charge >= 0.3 is 0 Å². The van der Waals surface area contributed by atoms with Gasteiger partial charge in [0, 0.05) is 106 Å². The van der Waals surface area contributed by atoms with E-state index >= 15 is 24.0 Å². The van der Waals surface area contributed by atoms with Crippen molar-refractivity contribution in [2.45, 2.75) is 224 Å². The van der Waals surface area contributed by atoms with E-state index in [0.717, 1.165) is 4.90 Å². The number of Topliss-reactive ketones (excluding diaryl/α,β-unsaturated/α-hetero) is 3. The second-order valence-corrected chi connectivity index (χ2v) is 28.6. The van der Waals surface area contributed by atoms with Crippen LogP contribution in [0.4, 0.5) is 0 Å². The average molecular weight is 1280 g/mol. The molecular formula is C69H121N9O13. The number of likely N-dealkylation sites (N-methyl/N-ethyl adjacent to an activating group) is 7. The topological polar surface area (TPSA) is 255 Å². The number of rotatable bonds is 16. The van der Waals surface area contributed by atoms with E-state index in [0.29, 0.717) is 39.3 Å². The van der Waals surface area contributed by atoms with E-state index in [2.05, 4.69) is 10.2 Å². The Hall–Kier alpha value is -5.61. The molecule has 0 aromatic rings. The lowest BCUT2D eigenvalue weighted by Crippen LogP contribution is -2.63. The summed E-state index contributed by atoms with van der Waals surface area (Å²) in [5.41, 5.74) is 0. The number of morpholine rings is 1. The predicted molar refractivity (Wildman–Crippen MR) is 354 cm³/mol. The second kappa shape index (κ2) is 37.3. The van der Waals surface area contributed by atoms with Gasteiger partial charge in [-0.2, -0.15) is 0 Å². The average Bonchev–Trinajstić information content (AvgIpc) is 2.18. The number of hydrogen-bond donors (Lipinski definition) is 2. The van der Waals surface area contributed by atoms with E-state index in [4.69, 9.17) is 4.74 Å². The molecule has 2 fully saturated rings. The summed E-state index contributed by atoms with van der Waals surface area (Å²) in [6.45, 7) is 32.9. The lowest BCUT2D eigenvalue weighted by molar-refractivity contribution is -0.157. The van der Waals surface area contributed by atoms with Gasteiger partial charge in [-0.3, -0.25) is 57.6 Å². The summed E-state index contributed by atoms with van der Waals surface area (Å²) in [7, 11) is 10.3. The number of aliphatic hydroxyl groups is 1. The van der Waals surface area contributed by atoms with E-state index < -0.39 is 149 Å². The maximum atomic E-state index is 15.3. The van der Waals surface area contributed by atoms with Crippen LogP contribution in [0, 0.1) is 59.2 Å². The Balaban J connectivity index is 3.04. The Morgan fingerprint density at radius 2 is 0.967 bits per heavy atom. The Bertz CT molecular complexity index is 2500. The number of allylic oxidation sites excluding steroid dienone is 2. The molecule has 2 aliphatic rings. The van der Waals surface area contributed by atoms with Gasteiger partial charge in [0.1, 0.15) is 42.0 Å². The molecular weight excluding hydrogens is 1160 g/mol. The van der Waals surface area contributed by atoms with Crippen LogP contribution in [0.5, 0.6) is 0 Å². The minimum absolute atomic E-state index is 0.0220. The maximum absolute atomic E-state index is 15.3. The third-order valence-electron chi connectivity index (χ3n) is 18.9. The van der Waals surface area contributed by atoms with Gasteiger partial charge in [0.2, 0.25) is 47.3 Å². The van der Waals surface area contributed by atoms with E-state index in [1.54, 1.807) is 47.6 Å². The molecule has 0 aromatic heterocycles. The number of carbonyl (C=O) groups excluding carboxylic acids is 11. The van der Waals surface area contributed by atoms with Gasteiger partial charge in [-0.1, -0.05) is 116 Å². The fourth-order valence-electron chi connectivity index (χ4n) is 12.9. The van der Waals surface area contributed by atoms with Crippen LogP contribution in [0.1, 0.15) is 169 Å². The fourth-order valence-corrected chi connectivity index (χ4v) is 12.9. The highest BCUT2D eigenvalue weighted by Gasteiger charge is 2.46. The molecule has 8 amide bonds. The van der Waals surface area contributed by atoms with Crippen LogP contribution in [0.15, 0.2) is 12.2 Å². The van der Waals surface area contributed by atoms with Crippen molar-refractivity contribution < 1.29 is 62.6 Å². The molecule has 0 spiro atoms. The van der Waals surface area contributed by atoms with Gasteiger partial charge in [0.15, 0.2) is 11.6 Å². The van der Waals surface area contributed by atoms with Crippen LogP contribution in [0.2, 0.25) is 0 Å². The maximum Gasteiger partial charge on any atom is 0.246 e. The Morgan fingerprint density at radius 1 is 0.505 bits per heavy atom.